The van der Waals surface area contributed by atoms with Crippen molar-refractivity contribution in [2.45, 2.75) is 32.9 Å². The van der Waals surface area contributed by atoms with E-state index in [2.05, 4.69) is 36.9 Å². The van der Waals surface area contributed by atoms with Gasteiger partial charge in [0.25, 0.3) is 0 Å². The smallest absolute Gasteiger partial charge is 0.0234 e. The van der Waals surface area contributed by atoms with E-state index in [4.69, 9.17) is 5.73 Å². The first-order valence-corrected chi connectivity index (χ1v) is 5.69. The minimum atomic E-state index is 0.386. The molecule has 1 unspecified atom stereocenters. The molecule has 1 aliphatic rings. The Hall–Kier alpha value is -0.860. The van der Waals surface area contributed by atoms with Crippen molar-refractivity contribution in [3.63, 3.8) is 0 Å². The van der Waals surface area contributed by atoms with Crippen molar-refractivity contribution < 1.29 is 0 Å². The Labute approximate surface area is 92.1 Å². The highest BCUT2D eigenvalue weighted by Gasteiger charge is 2.18. The third kappa shape index (κ3) is 2.58. The lowest BCUT2D eigenvalue weighted by atomic mass is 10.1. The van der Waals surface area contributed by atoms with Gasteiger partial charge in [-0.15, -0.1) is 0 Å². The topological polar surface area (TPSA) is 29.3 Å². The fraction of sp³-hybridized carbons (Fsp3) is 0.538. The van der Waals surface area contributed by atoms with Gasteiger partial charge in [0.05, 0.1) is 0 Å². The second-order valence-corrected chi connectivity index (χ2v) is 4.70. The molecule has 1 fully saturated rings. The molecule has 0 spiro atoms. The van der Waals surface area contributed by atoms with E-state index in [0.29, 0.717) is 6.04 Å². The summed E-state index contributed by atoms with van der Waals surface area (Å²) < 4.78 is 0. The molecule has 0 aromatic heterocycles. The minimum absolute atomic E-state index is 0.386. The van der Waals surface area contributed by atoms with Crippen LogP contribution in [-0.2, 0) is 6.54 Å². The standard InChI is InChI=1S/C13H20N2/c1-10-3-4-12(7-11(10)2)8-15-6-5-13(14)9-15/h3-4,7,13H,5-6,8-9,14H2,1-2H3. The Morgan fingerprint density at radius 1 is 1.33 bits per heavy atom. The zero-order valence-corrected chi connectivity index (χ0v) is 9.66. The fourth-order valence-electron chi connectivity index (χ4n) is 2.17. The first kappa shape index (κ1) is 10.7. The zero-order valence-electron chi connectivity index (χ0n) is 9.66. The van der Waals surface area contributed by atoms with Crippen LogP contribution in [0.15, 0.2) is 18.2 Å². The monoisotopic (exact) mass is 204 g/mol. The van der Waals surface area contributed by atoms with Crippen molar-refractivity contribution in [2.75, 3.05) is 13.1 Å². The van der Waals surface area contributed by atoms with Crippen molar-refractivity contribution >= 4 is 0 Å². The van der Waals surface area contributed by atoms with Crippen molar-refractivity contribution in [1.82, 2.24) is 4.90 Å². The highest BCUT2D eigenvalue weighted by atomic mass is 15.2. The SMILES string of the molecule is Cc1ccc(CN2CCC(N)C2)cc1C. The molecule has 1 aromatic carbocycles. The molecule has 1 aliphatic heterocycles. The van der Waals surface area contributed by atoms with Crippen LogP contribution >= 0.6 is 0 Å². The van der Waals surface area contributed by atoms with E-state index in [1.807, 2.05) is 0 Å². The number of nitrogens with zero attached hydrogens (tertiary/aromatic N) is 1. The Morgan fingerprint density at radius 3 is 2.73 bits per heavy atom. The van der Waals surface area contributed by atoms with E-state index in [0.717, 1.165) is 26.1 Å². The van der Waals surface area contributed by atoms with Gasteiger partial charge in [0.15, 0.2) is 0 Å². The van der Waals surface area contributed by atoms with Gasteiger partial charge in [0.1, 0.15) is 0 Å². The predicted molar refractivity (Wildman–Crippen MR) is 63.8 cm³/mol. The number of aryl methyl sites for hydroxylation is 2. The molecule has 0 aliphatic carbocycles. The Bertz CT molecular complexity index is 346. The minimum Gasteiger partial charge on any atom is -0.326 e. The van der Waals surface area contributed by atoms with Gasteiger partial charge in [0.2, 0.25) is 0 Å². The van der Waals surface area contributed by atoms with E-state index in [1.54, 1.807) is 0 Å². The maximum absolute atomic E-state index is 5.89. The molecule has 0 bridgehead atoms. The molecule has 1 heterocycles. The van der Waals surface area contributed by atoms with Crippen LogP contribution in [0.1, 0.15) is 23.1 Å². The number of nitrogens with two attached hydrogens (primary N) is 1. The molecule has 1 atom stereocenters. The first-order chi connectivity index (χ1) is 7.15. The summed E-state index contributed by atoms with van der Waals surface area (Å²) in [5.41, 5.74) is 10.1. The van der Waals surface area contributed by atoms with Crippen LogP contribution in [-0.4, -0.2) is 24.0 Å². The second kappa shape index (κ2) is 4.33. The van der Waals surface area contributed by atoms with Crippen molar-refractivity contribution in [3.05, 3.63) is 34.9 Å². The maximum atomic E-state index is 5.89. The molecular formula is C13H20N2. The van der Waals surface area contributed by atoms with Crippen molar-refractivity contribution in [3.8, 4) is 0 Å². The normalized spacial score (nSPS) is 22.2. The molecule has 2 heteroatoms. The summed E-state index contributed by atoms with van der Waals surface area (Å²) >= 11 is 0. The van der Waals surface area contributed by atoms with Gasteiger partial charge in [-0.3, -0.25) is 4.90 Å². The van der Waals surface area contributed by atoms with Crippen LogP contribution in [0.25, 0.3) is 0 Å². The number of hydrogen-bond donors (Lipinski definition) is 1. The average Bonchev–Trinajstić information content (AvgIpc) is 2.58. The third-order valence-corrected chi connectivity index (χ3v) is 3.29. The van der Waals surface area contributed by atoms with Gasteiger partial charge in [0, 0.05) is 25.7 Å². The second-order valence-electron chi connectivity index (χ2n) is 4.70. The average molecular weight is 204 g/mol. The summed E-state index contributed by atoms with van der Waals surface area (Å²) in [6.07, 6.45) is 1.14. The lowest BCUT2D eigenvalue weighted by Crippen LogP contribution is -2.26. The van der Waals surface area contributed by atoms with Gasteiger partial charge in [-0.2, -0.15) is 0 Å². The fourth-order valence-corrected chi connectivity index (χ4v) is 2.17. The number of likely N-dealkylation sites (tertiary alicyclic amines) is 1. The molecular weight excluding hydrogens is 184 g/mol. The van der Waals surface area contributed by atoms with E-state index < -0.39 is 0 Å². The molecule has 0 saturated carbocycles. The quantitative estimate of drug-likeness (QED) is 0.796. The molecule has 2 nitrogen and oxygen atoms in total. The lowest BCUT2D eigenvalue weighted by Gasteiger charge is -2.15. The Morgan fingerprint density at radius 2 is 2.13 bits per heavy atom. The van der Waals surface area contributed by atoms with Gasteiger partial charge in [-0.25, -0.2) is 0 Å². The lowest BCUT2D eigenvalue weighted by molar-refractivity contribution is 0.327. The highest BCUT2D eigenvalue weighted by molar-refractivity contribution is 5.29. The molecule has 82 valence electrons. The van der Waals surface area contributed by atoms with E-state index >= 15 is 0 Å². The summed E-state index contributed by atoms with van der Waals surface area (Å²) in [6, 6.07) is 7.11. The summed E-state index contributed by atoms with van der Waals surface area (Å²) in [5, 5.41) is 0. The van der Waals surface area contributed by atoms with Gasteiger partial charge < -0.3 is 5.73 Å². The molecule has 1 saturated heterocycles. The number of rotatable bonds is 2. The molecule has 2 rings (SSSR count). The van der Waals surface area contributed by atoms with Crippen LogP contribution in [0.5, 0.6) is 0 Å². The van der Waals surface area contributed by atoms with Crippen LogP contribution in [0, 0.1) is 13.8 Å². The Balaban J connectivity index is 2.02. The van der Waals surface area contributed by atoms with E-state index in [9.17, 15) is 0 Å². The summed E-state index contributed by atoms with van der Waals surface area (Å²) in [7, 11) is 0. The van der Waals surface area contributed by atoms with E-state index in [1.165, 1.54) is 16.7 Å². The van der Waals surface area contributed by atoms with Gasteiger partial charge in [-0.1, -0.05) is 18.2 Å². The summed E-state index contributed by atoms with van der Waals surface area (Å²) in [5.74, 6) is 0. The molecule has 2 N–H and O–H groups in total. The van der Waals surface area contributed by atoms with Crippen LogP contribution in [0.3, 0.4) is 0 Å². The van der Waals surface area contributed by atoms with Crippen LogP contribution in [0.4, 0.5) is 0 Å². The highest BCUT2D eigenvalue weighted by Crippen LogP contribution is 2.15. The number of hydrogen-bond acceptors (Lipinski definition) is 2. The molecule has 0 amide bonds. The van der Waals surface area contributed by atoms with Crippen molar-refractivity contribution in [1.29, 1.82) is 0 Å². The summed E-state index contributed by atoms with van der Waals surface area (Å²) in [6.45, 7) is 7.58. The molecule has 15 heavy (non-hydrogen) atoms. The largest absolute Gasteiger partial charge is 0.326 e. The predicted octanol–water partition coefficient (Wildman–Crippen LogP) is 1.84. The first-order valence-electron chi connectivity index (χ1n) is 5.69. The molecule has 0 radical (unpaired) electrons. The maximum Gasteiger partial charge on any atom is 0.0234 e. The van der Waals surface area contributed by atoms with Crippen LogP contribution < -0.4 is 5.73 Å². The van der Waals surface area contributed by atoms with Gasteiger partial charge in [-0.05, 0) is 37.0 Å². The molecule has 1 aromatic rings. The van der Waals surface area contributed by atoms with Gasteiger partial charge >= 0.3 is 0 Å². The van der Waals surface area contributed by atoms with Crippen molar-refractivity contribution in [2.24, 2.45) is 5.73 Å². The third-order valence-electron chi connectivity index (χ3n) is 3.29. The zero-order chi connectivity index (χ0) is 10.8. The summed E-state index contributed by atoms with van der Waals surface area (Å²) in [4.78, 5) is 2.44. The van der Waals surface area contributed by atoms with Crippen LogP contribution in [0.2, 0.25) is 0 Å². The van der Waals surface area contributed by atoms with E-state index in [-0.39, 0.29) is 0 Å². The number of benzene rings is 1. The Kier molecular flexibility index (Phi) is 3.08.